The standard InChI is InChI=1S/C12H13ClN2OS/c1-3-4-9(16)14-12-15-10-7(2)5-6-8(13)11(10)17-12/h5-6H,3-4H2,1-2H3,(H,14,15,16). The summed E-state index contributed by atoms with van der Waals surface area (Å²) in [6.07, 6.45) is 1.35. The normalized spacial score (nSPS) is 10.8. The predicted molar refractivity (Wildman–Crippen MR) is 72.9 cm³/mol. The molecule has 0 unspecified atom stereocenters. The summed E-state index contributed by atoms with van der Waals surface area (Å²) < 4.78 is 0.929. The minimum atomic E-state index is 0.000307. The zero-order valence-corrected chi connectivity index (χ0v) is 11.3. The number of nitrogens with zero attached hydrogens (tertiary/aromatic N) is 1. The Bertz CT molecular complexity index is 526. The Labute approximate surface area is 109 Å². The summed E-state index contributed by atoms with van der Waals surface area (Å²) in [5.74, 6) is 0.000307. The van der Waals surface area contributed by atoms with Crippen LogP contribution in [-0.2, 0) is 4.79 Å². The molecule has 1 aromatic heterocycles. The largest absolute Gasteiger partial charge is 0.302 e. The third-order valence-corrected chi connectivity index (χ3v) is 3.85. The number of rotatable bonds is 3. The van der Waals surface area contributed by atoms with Gasteiger partial charge in [0.1, 0.15) is 0 Å². The summed E-state index contributed by atoms with van der Waals surface area (Å²) in [5.41, 5.74) is 1.94. The fraction of sp³-hybridized carbons (Fsp3) is 0.333. The average molecular weight is 269 g/mol. The first-order valence-corrected chi connectivity index (χ1v) is 6.66. The minimum absolute atomic E-state index is 0.000307. The Morgan fingerprint density at radius 2 is 2.29 bits per heavy atom. The average Bonchev–Trinajstić information content (AvgIpc) is 2.69. The van der Waals surface area contributed by atoms with Crippen LogP contribution in [0.4, 0.5) is 5.13 Å². The Balaban J connectivity index is 2.35. The van der Waals surface area contributed by atoms with Crippen LogP contribution in [0, 0.1) is 6.92 Å². The van der Waals surface area contributed by atoms with E-state index in [9.17, 15) is 4.79 Å². The fourth-order valence-corrected chi connectivity index (χ4v) is 2.80. The fourth-order valence-electron chi connectivity index (χ4n) is 1.56. The van der Waals surface area contributed by atoms with Crippen LogP contribution in [0.2, 0.25) is 5.02 Å². The molecular weight excluding hydrogens is 256 g/mol. The molecule has 1 aromatic carbocycles. The van der Waals surface area contributed by atoms with Gasteiger partial charge in [0.25, 0.3) is 0 Å². The number of halogens is 1. The van der Waals surface area contributed by atoms with Crippen molar-refractivity contribution in [3.63, 3.8) is 0 Å². The summed E-state index contributed by atoms with van der Waals surface area (Å²) in [6.45, 7) is 3.95. The van der Waals surface area contributed by atoms with Crippen LogP contribution in [-0.4, -0.2) is 10.9 Å². The number of aromatic nitrogens is 1. The SMILES string of the molecule is CCCC(=O)Nc1nc2c(C)ccc(Cl)c2s1. The van der Waals surface area contributed by atoms with Gasteiger partial charge in [-0.2, -0.15) is 0 Å². The highest BCUT2D eigenvalue weighted by Gasteiger charge is 2.11. The Kier molecular flexibility index (Phi) is 3.64. The van der Waals surface area contributed by atoms with Crippen molar-refractivity contribution in [3.05, 3.63) is 22.7 Å². The van der Waals surface area contributed by atoms with Gasteiger partial charge in [-0.1, -0.05) is 35.9 Å². The van der Waals surface area contributed by atoms with Gasteiger partial charge in [0.15, 0.2) is 5.13 Å². The van der Waals surface area contributed by atoms with Crippen molar-refractivity contribution < 1.29 is 4.79 Å². The summed E-state index contributed by atoms with van der Waals surface area (Å²) in [4.78, 5) is 15.9. The molecule has 0 aliphatic rings. The van der Waals surface area contributed by atoms with Crippen LogP contribution < -0.4 is 5.32 Å². The highest BCUT2D eigenvalue weighted by molar-refractivity contribution is 7.23. The molecule has 1 N–H and O–H groups in total. The number of thiazole rings is 1. The lowest BCUT2D eigenvalue weighted by molar-refractivity contribution is -0.116. The van der Waals surface area contributed by atoms with Crippen molar-refractivity contribution in [2.75, 3.05) is 5.32 Å². The van der Waals surface area contributed by atoms with Gasteiger partial charge in [0.05, 0.1) is 15.2 Å². The van der Waals surface area contributed by atoms with E-state index in [1.165, 1.54) is 11.3 Å². The number of hydrogen-bond acceptors (Lipinski definition) is 3. The van der Waals surface area contributed by atoms with Crippen molar-refractivity contribution >= 4 is 44.2 Å². The Morgan fingerprint density at radius 3 is 2.94 bits per heavy atom. The second-order valence-corrected chi connectivity index (χ2v) is 5.27. The van der Waals surface area contributed by atoms with Crippen molar-refractivity contribution in [1.82, 2.24) is 4.98 Å². The van der Waals surface area contributed by atoms with Crippen LogP contribution in [0.5, 0.6) is 0 Å². The van der Waals surface area contributed by atoms with Crippen LogP contribution in [0.1, 0.15) is 25.3 Å². The zero-order valence-electron chi connectivity index (χ0n) is 9.71. The van der Waals surface area contributed by atoms with E-state index < -0.39 is 0 Å². The number of carbonyl (C=O) groups is 1. The van der Waals surface area contributed by atoms with E-state index in [4.69, 9.17) is 11.6 Å². The molecule has 2 aromatic rings. The van der Waals surface area contributed by atoms with Crippen molar-refractivity contribution in [2.24, 2.45) is 0 Å². The molecule has 17 heavy (non-hydrogen) atoms. The summed E-state index contributed by atoms with van der Waals surface area (Å²) >= 11 is 7.52. The second kappa shape index (κ2) is 5.02. The van der Waals surface area contributed by atoms with Crippen LogP contribution in [0.25, 0.3) is 10.2 Å². The lowest BCUT2D eigenvalue weighted by Gasteiger charge is -1.97. The van der Waals surface area contributed by atoms with Crippen LogP contribution in [0.3, 0.4) is 0 Å². The summed E-state index contributed by atoms with van der Waals surface area (Å²) in [5, 5.41) is 4.10. The summed E-state index contributed by atoms with van der Waals surface area (Å²) in [6, 6.07) is 3.79. The lowest BCUT2D eigenvalue weighted by Crippen LogP contribution is -2.09. The number of carbonyl (C=O) groups excluding carboxylic acids is 1. The maximum Gasteiger partial charge on any atom is 0.226 e. The van der Waals surface area contributed by atoms with E-state index in [0.717, 1.165) is 22.2 Å². The van der Waals surface area contributed by atoms with Gasteiger partial charge in [-0.05, 0) is 25.0 Å². The molecule has 1 amide bonds. The van der Waals surface area contributed by atoms with E-state index in [2.05, 4.69) is 10.3 Å². The van der Waals surface area contributed by atoms with Crippen molar-refractivity contribution in [1.29, 1.82) is 0 Å². The Morgan fingerprint density at radius 1 is 1.53 bits per heavy atom. The van der Waals surface area contributed by atoms with Gasteiger partial charge in [0, 0.05) is 6.42 Å². The molecule has 0 aliphatic carbocycles. The van der Waals surface area contributed by atoms with Crippen molar-refractivity contribution in [2.45, 2.75) is 26.7 Å². The highest BCUT2D eigenvalue weighted by Crippen LogP contribution is 2.33. The maximum atomic E-state index is 11.5. The van der Waals surface area contributed by atoms with Gasteiger partial charge >= 0.3 is 0 Å². The highest BCUT2D eigenvalue weighted by atomic mass is 35.5. The number of hydrogen-bond donors (Lipinski definition) is 1. The first-order valence-electron chi connectivity index (χ1n) is 5.47. The molecule has 1 heterocycles. The second-order valence-electron chi connectivity index (χ2n) is 3.86. The van der Waals surface area contributed by atoms with Crippen LogP contribution >= 0.6 is 22.9 Å². The molecular formula is C12H13ClN2OS. The minimum Gasteiger partial charge on any atom is -0.302 e. The molecule has 0 radical (unpaired) electrons. The topological polar surface area (TPSA) is 42.0 Å². The van der Waals surface area contributed by atoms with E-state index in [1.54, 1.807) is 0 Å². The van der Waals surface area contributed by atoms with Crippen molar-refractivity contribution in [3.8, 4) is 0 Å². The van der Waals surface area contributed by atoms with Gasteiger partial charge in [-0.3, -0.25) is 4.79 Å². The summed E-state index contributed by atoms with van der Waals surface area (Å²) in [7, 11) is 0. The van der Waals surface area contributed by atoms with E-state index in [-0.39, 0.29) is 5.91 Å². The molecule has 0 atom stereocenters. The number of fused-ring (bicyclic) bond motifs is 1. The molecule has 0 bridgehead atoms. The number of nitrogens with one attached hydrogen (secondary N) is 1. The Hall–Kier alpha value is -1.13. The number of aryl methyl sites for hydroxylation is 1. The lowest BCUT2D eigenvalue weighted by atomic mass is 10.2. The van der Waals surface area contributed by atoms with Gasteiger partial charge in [-0.15, -0.1) is 0 Å². The quantitative estimate of drug-likeness (QED) is 0.914. The predicted octanol–water partition coefficient (Wildman–Crippen LogP) is 4.00. The molecule has 90 valence electrons. The molecule has 2 rings (SSSR count). The van der Waals surface area contributed by atoms with Gasteiger partial charge < -0.3 is 5.32 Å². The van der Waals surface area contributed by atoms with E-state index in [1.807, 2.05) is 26.0 Å². The third kappa shape index (κ3) is 2.58. The van der Waals surface area contributed by atoms with Crippen LogP contribution in [0.15, 0.2) is 12.1 Å². The molecule has 0 spiro atoms. The zero-order chi connectivity index (χ0) is 12.4. The van der Waals surface area contributed by atoms with E-state index in [0.29, 0.717) is 16.6 Å². The first kappa shape index (κ1) is 12.3. The molecule has 0 saturated heterocycles. The smallest absolute Gasteiger partial charge is 0.226 e. The molecule has 5 heteroatoms. The van der Waals surface area contributed by atoms with Gasteiger partial charge in [0.2, 0.25) is 5.91 Å². The number of benzene rings is 1. The molecule has 0 saturated carbocycles. The third-order valence-electron chi connectivity index (χ3n) is 2.42. The monoisotopic (exact) mass is 268 g/mol. The first-order chi connectivity index (χ1) is 8.11. The molecule has 0 fully saturated rings. The number of anilines is 1. The van der Waals surface area contributed by atoms with E-state index >= 15 is 0 Å². The maximum absolute atomic E-state index is 11.5. The molecule has 3 nitrogen and oxygen atoms in total. The van der Waals surface area contributed by atoms with Gasteiger partial charge in [-0.25, -0.2) is 4.98 Å². The molecule has 0 aliphatic heterocycles. The number of amides is 1.